The maximum absolute atomic E-state index is 13.5. The van der Waals surface area contributed by atoms with Crippen LogP contribution in [-0.2, 0) is 30.4 Å². The van der Waals surface area contributed by atoms with Gasteiger partial charge in [0.1, 0.15) is 18.1 Å². The lowest BCUT2D eigenvalue weighted by atomic mass is 9.98. The monoisotopic (exact) mass is 601 g/mol. The predicted octanol–water partition coefficient (Wildman–Crippen LogP) is 1.08. The summed E-state index contributed by atoms with van der Waals surface area (Å²) in [6.07, 6.45) is -9.18. The first-order valence-corrected chi connectivity index (χ1v) is 13.7. The van der Waals surface area contributed by atoms with Crippen molar-refractivity contribution in [2.75, 3.05) is 0 Å². The molecular formula is C28H42F3N5O6. The number of aliphatic hydroxyl groups is 1. The van der Waals surface area contributed by atoms with E-state index in [9.17, 15) is 42.3 Å². The Balaban J connectivity index is 3.28. The minimum atomic E-state index is -5.10. The van der Waals surface area contributed by atoms with Gasteiger partial charge in [-0.1, -0.05) is 58.0 Å². The maximum atomic E-state index is 13.5. The van der Waals surface area contributed by atoms with Crippen LogP contribution in [-0.4, -0.2) is 71.1 Å². The molecule has 0 fully saturated rings. The molecule has 1 rings (SSSR count). The molecule has 0 radical (unpaired) electrons. The molecule has 14 heteroatoms. The van der Waals surface area contributed by atoms with Crippen molar-refractivity contribution in [1.29, 1.82) is 0 Å². The van der Waals surface area contributed by atoms with Gasteiger partial charge in [0.05, 0.1) is 6.04 Å². The summed E-state index contributed by atoms with van der Waals surface area (Å²) >= 11 is 0. The molecule has 11 nitrogen and oxygen atoms in total. The van der Waals surface area contributed by atoms with E-state index in [2.05, 4.69) is 21.3 Å². The van der Waals surface area contributed by atoms with Gasteiger partial charge in [-0.25, -0.2) is 0 Å². The molecule has 0 aliphatic heterocycles. The van der Waals surface area contributed by atoms with E-state index >= 15 is 0 Å². The normalized spacial score (nSPS) is 15.2. The highest BCUT2D eigenvalue weighted by molar-refractivity contribution is 5.94. The highest BCUT2D eigenvalue weighted by Crippen LogP contribution is 2.24. The molecule has 1 aromatic rings. The number of rotatable bonds is 16. The van der Waals surface area contributed by atoms with Crippen LogP contribution in [0.4, 0.5) is 13.2 Å². The average Bonchev–Trinajstić information content (AvgIpc) is 2.87. The number of benzene rings is 1. The zero-order valence-electron chi connectivity index (χ0n) is 24.5. The molecule has 1 aromatic carbocycles. The molecule has 236 valence electrons. The molecule has 0 aromatic heterocycles. The van der Waals surface area contributed by atoms with Gasteiger partial charge in [0.15, 0.2) is 6.10 Å². The van der Waals surface area contributed by atoms with Crippen molar-refractivity contribution in [1.82, 2.24) is 21.3 Å². The summed E-state index contributed by atoms with van der Waals surface area (Å²) in [6.45, 7) is 8.12. The standard InChI is InChI=1S/C28H42F3N5O6/c1-15(2)13-20(25(40)34-19(11-12-22(32)38)24(39)28(29,30)31)35-26(41)21(14-18-9-7-6-8-10-18)36-27(42)23(16(3)4)33-17(5)37/h6-10,15-16,19-21,23-24,39H,11-14H2,1-5H3,(H2,32,38)(H,33,37)(H,34,40)(H,35,41)(H,36,42)/t19?,20-,21-,23-,24?/m0/s1. The fourth-order valence-corrected chi connectivity index (χ4v) is 4.17. The molecule has 0 spiro atoms. The molecule has 0 bridgehead atoms. The van der Waals surface area contributed by atoms with Gasteiger partial charge >= 0.3 is 6.18 Å². The van der Waals surface area contributed by atoms with Crippen molar-refractivity contribution in [3.05, 3.63) is 35.9 Å². The number of halogens is 3. The summed E-state index contributed by atoms with van der Waals surface area (Å²) in [4.78, 5) is 62.6. The summed E-state index contributed by atoms with van der Waals surface area (Å²) in [6, 6.07) is 3.24. The first-order valence-electron chi connectivity index (χ1n) is 13.7. The number of amides is 5. The van der Waals surface area contributed by atoms with Crippen molar-refractivity contribution < 1.29 is 42.3 Å². The van der Waals surface area contributed by atoms with Gasteiger partial charge in [-0.3, -0.25) is 24.0 Å². The van der Waals surface area contributed by atoms with Gasteiger partial charge < -0.3 is 32.1 Å². The van der Waals surface area contributed by atoms with Gasteiger partial charge in [0.25, 0.3) is 0 Å². The fraction of sp³-hybridized carbons (Fsp3) is 0.607. The van der Waals surface area contributed by atoms with Crippen molar-refractivity contribution >= 4 is 29.5 Å². The van der Waals surface area contributed by atoms with Gasteiger partial charge in [0.2, 0.25) is 29.5 Å². The van der Waals surface area contributed by atoms with Crippen LogP contribution >= 0.6 is 0 Å². The largest absolute Gasteiger partial charge is 0.416 e. The van der Waals surface area contributed by atoms with E-state index in [0.29, 0.717) is 5.56 Å². The number of carbonyl (C=O) groups excluding carboxylic acids is 5. The lowest BCUT2D eigenvalue weighted by Crippen LogP contribution is -2.59. The van der Waals surface area contributed by atoms with Crippen LogP contribution in [0.15, 0.2) is 30.3 Å². The molecule has 5 amide bonds. The van der Waals surface area contributed by atoms with E-state index in [4.69, 9.17) is 5.73 Å². The van der Waals surface area contributed by atoms with E-state index in [0.717, 1.165) is 0 Å². The first-order chi connectivity index (χ1) is 19.4. The zero-order chi connectivity index (χ0) is 32.2. The molecule has 42 heavy (non-hydrogen) atoms. The lowest BCUT2D eigenvalue weighted by molar-refractivity contribution is -0.212. The highest BCUT2D eigenvalue weighted by atomic mass is 19.4. The number of carbonyl (C=O) groups is 5. The van der Waals surface area contributed by atoms with Crippen molar-refractivity contribution in [2.24, 2.45) is 17.6 Å². The minimum Gasteiger partial charge on any atom is -0.382 e. The molecule has 2 unspecified atom stereocenters. The van der Waals surface area contributed by atoms with Crippen molar-refractivity contribution in [3.8, 4) is 0 Å². The highest BCUT2D eigenvalue weighted by Gasteiger charge is 2.44. The van der Waals surface area contributed by atoms with Crippen molar-refractivity contribution in [2.45, 2.75) is 96.7 Å². The second-order valence-electron chi connectivity index (χ2n) is 11.0. The fourth-order valence-electron chi connectivity index (χ4n) is 4.17. The topological polar surface area (TPSA) is 180 Å². The molecule has 0 aliphatic carbocycles. The van der Waals surface area contributed by atoms with E-state index in [-0.39, 0.29) is 24.7 Å². The number of nitrogens with one attached hydrogen (secondary N) is 4. The van der Waals surface area contributed by atoms with Crippen LogP contribution in [0.5, 0.6) is 0 Å². The van der Waals surface area contributed by atoms with Crippen LogP contribution < -0.4 is 27.0 Å². The van der Waals surface area contributed by atoms with E-state index in [1.54, 1.807) is 58.0 Å². The molecular weight excluding hydrogens is 559 g/mol. The average molecular weight is 602 g/mol. The molecule has 0 aliphatic rings. The van der Waals surface area contributed by atoms with Gasteiger partial charge in [-0.15, -0.1) is 0 Å². The Bertz CT molecular complexity index is 1070. The van der Waals surface area contributed by atoms with E-state index in [1.165, 1.54) is 6.92 Å². The number of nitrogens with two attached hydrogens (primary N) is 1. The third-order valence-corrected chi connectivity index (χ3v) is 6.31. The number of primary amides is 1. The molecule has 0 saturated carbocycles. The SMILES string of the molecule is CC(=O)N[C@H](C(=O)N[C@@H](Cc1ccccc1)C(=O)N[C@@H](CC(C)C)C(=O)NC(CCC(N)=O)C(O)C(F)(F)F)C(C)C. The number of hydrogen-bond acceptors (Lipinski definition) is 6. The number of hydrogen-bond donors (Lipinski definition) is 6. The Labute approximate surface area is 243 Å². The van der Waals surface area contributed by atoms with Gasteiger partial charge in [-0.05, 0) is 30.2 Å². The molecule has 5 atom stereocenters. The summed E-state index contributed by atoms with van der Waals surface area (Å²) in [5, 5.41) is 19.6. The van der Waals surface area contributed by atoms with Crippen molar-refractivity contribution in [3.63, 3.8) is 0 Å². The Morgan fingerprint density at radius 2 is 1.40 bits per heavy atom. The quantitative estimate of drug-likeness (QED) is 0.165. The summed E-state index contributed by atoms with van der Waals surface area (Å²) in [5.74, 6) is -4.35. The third kappa shape index (κ3) is 12.9. The molecule has 7 N–H and O–H groups in total. The van der Waals surface area contributed by atoms with Crippen LogP contribution in [0.25, 0.3) is 0 Å². The maximum Gasteiger partial charge on any atom is 0.416 e. The summed E-state index contributed by atoms with van der Waals surface area (Å²) in [5.41, 5.74) is 5.72. The van der Waals surface area contributed by atoms with Crippen LogP contribution in [0, 0.1) is 11.8 Å². The van der Waals surface area contributed by atoms with Crippen LogP contribution in [0.2, 0.25) is 0 Å². The second kappa shape index (κ2) is 16.7. The minimum absolute atomic E-state index is 0.00728. The molecule has 0 saturated heterocycles. The smallest absolute Gasteiger partial charge is 0.382 e. The molecule has 0 heterocycles. The van der Waals surface area contributed by atoms with Gasteiger partial charge in [-0.2, -0.15) is 13.2 Å². The zero-order valence-corrected chi connectivity index (χ0v) is 24.5. The van der Waals surface area contributed by atoms with E-state index in [1.807, 2.05) is 0 Å². The Kier molecular flexibility index (Phi) is 14.4. The van der Waals surface area contributed by atoms with Crippen LogP contribution in [0.3, 0.4) is 0 Å². The van der Waals surface area contributed by atoms with Gasteiger partial charge in [0, 0.05) is 19.8 Å². The Morgan fingerprint density at radius 3 is 1.88 bits per heavy atom. The van der Waals surface area contributed by atoms with Crippen LogP contribution in [0.1, 0.15) is 59.4 Å². The first kappa shape index (κ1) is 36.3. The second-order valence-corrected chi connectivity index (χ2v) is 11.0. The summed E-state index contributed by atoms with van der Waals surface area (Å²) < 4.78 is 39.8. The van der Waals surface area contributed by atoms with E-state index < -0.39 is 78.8 Å². The summed E-state index contributed by atoms with van der Waals surface area (Å²) in [7, 11) is 0. The Morgan fingerprint density at radius 1 is 0.857 bits per heavy atom. The number of alkyl halides is 3. The number of aliphatic hydroxyl groups excluding tert-OH is 1. The predicted molar refractivity (Wildman–Crippen MR) is 148 cm³/mol. The Hall–Kier alpha value is -3.68. The lowest BCUT2D eigenvalue weighted by Gasteiger charge is -2.30. The third-order valence-electron chi connectivity index (χ3n) is 6.31.